The van der Waals surface area contributed by atoms with Gasteiger partial charge in [0.15, 0.2) is 0 Å². The first-order valence-electron chi connectivity index (χ1n) is 5.79. The van der Waals surface area contributed by atoms with E-state index in [2.05, 4.69) is 4.74 Å². The van der Waals surface area contributed by atoms with Crippen LogP contribution in [0.15, 0.2) is 35.2 Å². The van der Waals surface area contributed by atoms with Gasteiger partial charge in [-0.1, -0.05) is 18.2 Å². The van der Waals surface area contributed by atoms with Crippen molar-refractivity contribution >= 4 is 16.0 Å². The van der Waals surface area contributed by atoms with Crippen LogP contribution in [0.3, 0.4) is 0 Å². The van der Waals surface area contributed by atoms with Crippen LogP contribution in [0.1, 0.15) is 6.42 Å². The van der Waals surface area contributed by atoms with Crippen LogP contribution in [0.25, 0.3) is 0 Å². The van der Waals surface area contributed by atoms with Crippen molar-refractivity contribution in [2.45, 2.75) is 23.5 Å². The summed E-state index contributed by atoms with van der Waals surface area (Å²) in [5.74, 6) is -0.656. The zero-order valence-corrected chi connectivity index (χ0v) is 11.2. The van der Waals surface area contributed by atoms with Gasteiger partial charge in [-0.05, 0) is 12.1 Å². The molecule has 0 aliphatic carbocycles. The Morgan fingerprint density at radius 3 is 2.58 bits per heavy atom. The van der Waals surface area contributed by atoms with Gasteiger partial charge >= 0.3 is 5.97 Å². The van der Waals surface area contributed by atoms with Crippen LogP contribution in [-0.4, -0.2) is 49.6 Å². The van der Waals surface area contributed by atoms with Crippen molar-refractivity contribution in [3.05, 3.63) is 30.3 Å². The number of hydrogen-bond donors (Lipinski definition) is 1. The predicted octanol–water partition coefficient (Wildman–Crippen LogP) is -0.0165. The number of aliphatic hydroxyl groups is 1. The zero-order valence-electron chi connectivity index (χ0n) is 10.4. The van der Waals surface area contributed by atoms with Gasteiger partial charge in [-0.2, -0.15) is 4.31 Å². The van der Waals surface area contributed by atoms with E-state index in [1.807, 2.05) is 0 Å². The Morgan fingerprint density at radius 1 is 1.37 bits per heavy atom. The second-order valence-electron chi connectivity index (χ2n) is 4.32. The van der Waals surface area contributed by atoms with Gasteiger partial charge in [-0.15, -0.1) is 0 Å². The van der Waals surface area contributed by atoms with Crippen LogP contribution in [0.5, 0.6) is 0 Å². The average Bonchev–Trinajstić information content (AvgIpc) is 2.81. The molecule has 1 heterocycles. The van der Waals surface area contributed by atoms with E-state index in [4.69, 9.17) is 0 Å². The van der Waals surface area contributed by atoms with Crippen LogP contribution in [0, 0.1) is 0 Å². The summed E-state index contributed by atoms with van der Waals surface area (Å²) >= 11 is 0. The number of nitrogens with zero attached hydrogens (tertiary/aromatic N) is 1. The second kappa shape index (κ2) is 5.28. The number of benzene rings is 1. The number of aliphatic hydroxyl groups excluding tert-OH is 1. The molecule has 2 atom stereocenters. The lowest BCUT2D eigenvalue weighted by atomic mass is 10.2. The van der Waals surface area contributed by atoms with E-state index in [0.29, 0.717) is 0 Å². The van der Waals surface area contributed by atoms with E-state index >= 15 is 0 Å². The molecular weight excluding hydrogens is 270 g/mol. The number of rotatable bonds is 3. The third-order valence-corrected chi connectivity index (χ3v) is 4.95. The quantitative estimate of drug-likeness (QED) is 0.789. The van der Waals surface area contributed by atoms with E-state index in [0.717, 1.165) is 4.31 Å². The van der Waals surface area contributed by atoms with Gasteiger partial charge in [0.2, 0.25) is 10.0 Å². The molecular formula is C12H15NO5S. The molecule has 0 unspecified atom stereocenters. The molecule has 0 aromatic heterocycles. The molecule has 0 saturated carbocycles. The van der Waals surface area contributed by atoms with Gasteiger partial charge in [-0.25, -0.2) is 8.42 Å². The largest absolute Gasteiger partial charge is 0.468 e. The Labute approximate surface area is 111 Å². The van der Waals surface area contributed by atoms with Crippen molar-refractivity contribution in [1.82, 2.24) is 4.31 Å². The molecule has 1 aliphatic heterocycles. The summed E-state index contributed by atoms with van der Waals surface area (Å²) in [5, 5.41) is 9.61. The minimum atomic E-state index is -3.80. The number of ether oxygens (including phenoxy) is 1. The lowest BCUT2D eigenvalue weighted by Crippen LogP contribution is -2.41. The van der Waals surface area contributed by atoms with Gasteiger partial charge in [0.25, 0.3) is 0 Å². The van der Waals surface area contributed by atoms with Crippen molar-refractivity contribution in [3.63, 3.8) is 0 Å². The Hall–Kier alpha value is -1.44. The Balaban J connectivity index is 2.36. The summed E-state index contributed by atoms with van der Waals surface area (Å²) in [7, 11) is -2.61. The Kier molecular flexibility index (Phi) is 3.88. The predicted molar refractivity (Wildman–Crippen MR) is 66.8 cm³/mol. The summed E-state index contributed by atoms with van der Waals surface area (Å²) in [6.07, 6.45) is -0.804. The van der Waals surface area contributed by atoms with Crippen LogP contribution < -0.4 is 0 Å². The topological polar surface area (TPSA) is 83.9 Å². The fraction of sp³-hybridized carbons (Fsp3) is 0.417. The molecule has 1 aromatic carbocycles. The average molecular weight is 285 g/mol. The highest BCUT2D eigenvalue weighted by Crippen LogP contribution is 2.26. The minimum Gasteiger partial charge on any atom is -0.468 e. The lowest BCUT2D eigenvalue weighted by Gasteiger charge is -2.21. The van der Waals surface area contributed by atoms with Crippen LogP contribution in [-0.2, 0) is 19.6 Å². The van der Waals surface area contributed by atoms with Gasteiger partial charge < -0.3 is 9.84 Å². The molecule has 0 amide bonds. The first-order chi connectivity index (χ1) is 8.96. The van der Waals surface area contributed by atoms with Crippen LogP contribution in [0.4, 0.5) is 0 Å². The SMILES string of the molecule is COC(=O)[C@@H]1C[C@H](O)CN1S(=O)(=O)c1ccccc1. The number of sulfonamides is 1. The molecule has 6 nitrogen and oxygen atoms in total. The van der Waals surface area contributed by atoms with Crippen LogP contribution in [0.2, 0.25) is 0 Å². The molecule has 19 heavy (non-hydrogen) atoms. The fourth-order valence-electron chi connectivity index (χ4n) is 2.13. The summed E-state index contributed by atoms with van der Waals surface area (Å²) < 4.78 is 30.4. The van der Waals surface area contributed by atoms with Gasteiger partial charge in [0, 0.05) is 13.0 Å². The first kappa shape index (κ1) is 14.0. The van der Waals surface area contributed by atoms with Gasteiger partial charge in [0.05, 0.1) is 18.1 Å². The molecule has 104 valence electrons. The van der Waals surface area contributed by atoms with E-state index in [1.165, 1.54) is 19.2 Å². The van der Waals surface area contributed by atoms with Crippen molar-refractivity contribution in [2.75, 3.05) is 13.7 Å². The smallest absolute Gasteiger partial charge is 0.324 e. The van der Waals surface area contributed by atoms with Crippen molar-refractivity contribution in [3.8, 4) is 0 Å². The molecule has 0 radical (unpaired) electrons. The Morgan fingerprint density at radius 2 is 2.00 bits per heavy atom. The Bertz CT molecular complexity index is 557. The van der Waals surface area contributed by atoms with E-state index in [-0.39, 0.29) is 17.9 Å². The first-order valence-corrected chi connectivity index (χ1v) is 7.23. The standard InChI is InChI=1S/C12H15NO5S/c1-18-12(15)11-7-9(14)8-13(11)19(16,17)10-5-3-2-4-6-10/h2-6,9,11,14H,7-8H2,1H3/t9-,11-/m0/s1. The third-order valence-electron chi connectivity index (χ3n) is 3.06. The highest BCUT2D eigenvalue weighted by atomic mass is 32.2. The summed E-state index contributed by atoms with van der Waals surface area (Å²) in [4.78, 5) is 11.7. The maximum atomic E-state index is 12.4. The van der Waals surface area contributed by atoms with E-state index in [1.54, 1.807) is 18.2 Å². The van der Waals surface area contributed by atoms with Gasteiger partial charge in [0.1, 0.15) is 6.04 Å². The van der Waals surface area contributed by atoms with Crippen LogP contribution >= 0.6 is 0 Å². The molecule has 0 spiro atoms. The molecule has 1 aromatic rings. The number of hydrogen-bond acceptors (Lipinski definition) is 5. The fourth-order valence-corrected chi connectivity index (χ4v) is 3.78. The maximum absolute atomic E-state index is 12.4. The normalized spacial score (nSPS) is 24.3. The number of carbonyl (C=O) groups excluding carboxylic acids is 1. The van der Waals surface area contributed by atoms with Crippen molar-refractivity contribution < 1.29 is 23.1 Å². The molecule has 1 saturated heterocycles. The minimum absolute atomic E-state index is 0.0543. The number of methoxy groups -OCH3 is 1. The number of β-amino-alcohol motifs (C(OH)–C–C–N with tert-alkyl or cyclic N) is 1. The zero-order chi connectivity index (χ0) is 14.0. The summed E-state index contributed by atoms with van der Waals surface area (Å²) in [6.45, 7) is -0.100. The van der Waals surface area contributed by atoms with E-state index in [9.17, 15) is 18.3 Å². The number of esters is 1. The molecule has 7 heteroatoms. The number of carbonyl (C=O) groups is 1. The van der Waals surface area contributed by atoms with Crippen molar-refractivity contribution in [2.24, 2.45) is 0 Å². The monoisotopic (exact) mass is 285 g/mol. The summed E-state index contributed by atoms with van der Waals surface area (Å²) in [6, 6.07) is 6.85. The molecule has 1 N–H and O–H groups in total. The summed E-state index contributed by atoms with van der Waals surface area (Å²) in [5.41, 5.74) is 0. The highest BCUT2D eigenvalue weighted by Gasteiger charge is 2.43. The molecule has 1 fully saturated rings. The third kappa shape index (κ3) is 2.63. The molecule has 0 bridgehead atoms. The van der Waals surface area contributed by atoms with Crippen molar-refractivity contribution in [1.29, 1.82) is 0 Å². The maximum Gasteiger partial charge on any atom is 0.324 e. The van der Waals surface area contributed by atoms with Gasteiger partial charge in [-0.3, -0.25) is 4.79 Å². The van der Waals surface area contributed by atoms with E-state index < -0.39 is 28.1 Å². The molecule has 1 aliphatic rings. The second-order valence-corrected chi connectivity index (χ2v) is 6.21. The highest BCUT2D eigenvalue weighted by molar-refractivity contribution is 7.89. The lowest BCUT2D eigenvalue weighted by molar-refractivity contribution is -0.144. The molecule has 2 rings (SSSR count).